The van der Waals surface area contributed by atoms with E-state index in [9.17, 15) is 20.0 Å². The summed E-state index contributed by atoms with van der Waals surface area (Å²) in [5, 5.41) is 21.8. The summed E-state index contributed by atoms with van der Waals surface area (Å²) in [5.74, 6) is -0.241. The maximum absolute atomic E-state index is 13.5. The number of ether oxygens (including phenoxy) is 1. The maximum atomic E-state index is 13.5. The average Bonchev–Trinajstić information content (AvgIpc) is 3.19. The lowest BCUT2D eigenvalue weighted by atomic mass is 9.86. The molecule has 0 saturated carbocycles. The summed E-state index contributed by atoms with van der Waals surface area (Å²) in [4.78, 5) is 33.6. The molecular weight excluding hydrogens is 424 g/mol. The van der Waals surface area contributed by atoms with E-state index < -0.39 is 12.1 Å². The van der Waals surface area contributed by atoms with Crippen LogP contribution < -0.4 is 5.23 Å². The quantitative estimate of drug-likeness (QED) is 0.442. The fourth-order valence-electron chi connectivity index (χ4n) is 5.07. The zero-order valence-corrected chi connectivity index (χ0v) is 18.2. The highest BCUT2D eigenvalue weighted by Gasteiger charge is 2.48. The molecule has 2 atom stereocenters. The number of methoxy groups -OCH3 is 1. The summed E-state index contributed by atoms with van der Waals surface area (Å²) < 4.78 is 5.10. The molecule has 1 unspecified atom stereocenters. The van der Waals surface area contributed by atoms with Crippen LogP contribution in [0.3, 0.4) is 0 Å². The fraction of sp³-hybridized carbons (Fsp3) is 0.333. The Morgan fingerprint density at radius 3 is 2.82 bits per heavy atom. The van der Waals surface area contributed by atoms with E-state index in [0.29, 0.717) is 31.6 Å². The monoisotopic (exact) mass is 449 g/mol. The van der Waals surface area contributed by atoms with Gasteiger partial charge in [0, 0.05) is 43.3 Å². The van der Waals surface area contributed by atoms with Gasteiger partial charge in [-0.3, -0.25) is 14.8 Å². The molecule has 2 aliphatic rings. The molecule has 172 valence electrons. The first-order valence-electron chi connectivity index (χ1n) is 10.9. The van der Waals surface area contributed by atoms with E-state index in [1.54, 1.807) is 35.1 Å². The van der Waals surface area contributed by atoms with Gasteiger partial charge in [-0.2, -0.15) is 0 Å². The molecule has 0 bridgehead atoms. The first-order valence-corrected chi connectivity index (χ1v) is 10.9. The molecule has 0 aliphatic carbocycles. The predicted octanol–water partition coefficient (Wildman–Crippen LogP) is 2.58. The van der Waals surface area contributed by atoms with Gasteiger partial charge in [-0.05, 0) is 35.7 Å². The lowest BCUT2D eigenvalue weighted by Gasteiger charge is -2.47. The molecule has 2 aromatic carbocycles. The minimum absolute atomic E-state index is 0.00151. The molecule has 2 amide bonds. The van der Waals surface area contributed by atoms with Gasteiger partial charge in [0.25, 0.3) is 0 Å². The number of carbonyl (C=O) groups is 2. The molecule has 9 nitrogen and oxygen atoms in total. The second kappa shape index (κ2) is 8.51. The third-order valence-electron chi connectivity index (χ3n) is 6.53. The normalized spacial score (nSPS) is 20.2. The lowest BCUT2D eigenvalue weighted by molar-refractivity contribution is -0.158. The van der Waals surface area contributed by atoms with Gasteiger partial charge in [0.05, 0.1) is 18.3 Å². The van der Waals surface area contributed by atoms with Crippen LogP contribution in [0.15, 0.2) is 48.5 Å². The van der Waals surface area contributed by atoms with E-state index in [0.717, 1.165) is 22.2 Å². The van der Waals surface area contributed by atoms with Crippen LogP contribution in [0, 0.1) is 5.21 Å². The molecule has 3 heterocycles. The zero-order valence-electron chi connectivity index (χ0n) is 18.2. The molecule has 0 spiro atoms. The number of benzene rings is 2. The molecule has 1 aromatic heterocycles. The molecular formula is C24H25N4O5-. The van der Waals surface area contributed by atoms with Gasteiger partial charge in [0.2, 0.25) is 11.8 Å². The Labute approximate surface area is 190 Å². The van der Waals surface area contributed by atoms with Crippen molar-refractivity contribution in [3.63, 3.8) is 0 Å². The minimum atomic E-state index is -0.647. The van der Waals surface area contributed by atoms with E-state index in [1.807, 2.05) is 24.3 Å². The van der Waals surface area contributed by atoms with Gasteiger partial charge in [0.1, 0.15) is 6.04 Å². The van der Waals surface area contributed by atoms with Crippen LogP contribution in [0.4, 0.5) is 5.69 Å². The number of fused-ring (bicyclic) bond motifs is 4. The summed E-state index contributed by atoms with van der Waals surface area (Å²) in [5.41, 5.74) is 3.45. The van der Waals surface area contributed by atoms with Crippen molar-refractivity contribution in [1.29, 1.82) is 0 Å². The fourth-order valence-corrected chi connectivity index (χ4v) is 5.07. The van der Waals surface area contributed by atoms with Gasteiger partial charge >= 0.3 is 0 Å². The number of carbonyl (C=O) groups excluding carboxylic acids is 2. The molecule has 3 aromatic rings. The van der Waals surface area contributed by atoms with Crippen molar-refractivity contribution in [1.82, 2.24) is 14.8 Å². The van der Waals surface area contributed by atoms with Gasteiger partial charge in [0.15, 0.2) is 0 Å². The average molecular weight is 449 g/mol. The molecule has 2 N–H and O–H groups in total. The number of piperazine rings is 1. The van der Waals surface area contributed by atoms with Crippen LogP contribution in [0.5, 0.6) is 0 Å². The summed E-state index contributed by atoms with van der Waals surface area (Å²) in [6, 6.07) is 13.1. The Bertz CT molecular complexity index is 1210. The van der Waals surface area contributed by atoms with E-state index in [1.165, 1.54) is 6.07 Å². The Hall–Kier alpha value is -3.40. The number of nitrogens with one attached hydrogen (secondary N) is 1. The smallest absolute Gasteiger partial charge is 0.246 e. The summed E-state index contributed by atoms with van der Waals surface area (Å²) >= 11 is 0. The van der Waals surface area contributed by atoms with Crippen molar-refractivity contribution in [2.45, 2.75) is 24.9 Å². The number of aromatic amines is 1. The van der Waals surface area contributed by atoms with Crippen LogP contribution in [-0.2, 0) is 20.7 Å². The Morgan fingerprint density at radius 2 is 2.03 bits per heavy atom. The summed E-state index contributed by atoms with van der Waals surface area (Å²) in [7, 11) is 1.61. The third kappa shape index (κ3) is 3.64. The number of hydrogen-bond donors (Lipinski definition) is 2. The van der Waals surface area contributed by atoms with Crippen molar-refractivity contribution < 1.29 is 19.5 Å². The lowest BCUT2D eigenvalue weighted by Crippen LogP contribution is -2.63. The molecule has 9 heteroatoms. The summed E-state index contributed by atoms with van der Waals surface area (Å²) in [6.45, 7) is 0.971. The highest BCUT2D eigenvalue weighted by atomic mass is 16.8. The van der Waals surface area contributed by atoms with Crippen molar-refractivity contribution in [2.24, 2.45) is 0 Å². The highest BCUT2D eigenvalue weighted by molar-refractivity contribution is 5.97. The number of anilines is 1. The van der Waals surface area contributed by atoms with Gasteiger partial charge in [-0.1, -0.05) is 30.3 Å². The number of para-hydroxylation sites is 1. The standard InChI is InChI=1S/C24H25N4O5/c1-33-11-5-10-26-14-21(29)27-20(24(26)30)13-18-17-8-2-3-9-19(17)25-22(18)23(27)15-6-4-7-16(12-15)28(31)32/h2-4,6-9,12,20,23,25,31H,5,10-11,13-14H2,1H3/q-1/t20-,23?/m0/s1. The first kappa shape index (κ1) is 21.4. The van der Waals surface area contributed by atoms with Crippen molar-refractivity contribution in [2.75, 3.05) is 32.0 Å². The zero-order chi connectivity index (χ0) is 23.1. The Kier molecular flexibility index (Phi) is 5.53. The second-order valence-electron chi connectivity index (χ2n) is 8.46. The van der Waals surface area contributed by atoms with Crippen molar-refractivity contribution in [3.8, 4) is 0 Å². The molecule has 2 aliphatic heterocycles. The van der Waals surface area contributed by atoms with Crippen molar-refractivity contribution in [3.05, 3.63) is 70.6 Å². The van der Waals surface area contributed by atoms with Crippen LogP contribution in [0.25, 0.3) is 10.9 Å². The number of rotatable bonds is 6. The number of amides is 2. The second-order valence-corrected chi connectivity index (χ2v) is 8.46. The maximum Gasteiger partial charge on any atom is 0.246 e. The number of aromatic nitrogens is 1. The topological polar surface area (TPSA) is 112 Å². The highest BCUT2D eigenvalue weighted by Crippen LogP contribution is 2.43. The predicted molar refractivity (Wildman–Crippen MR) is 122 cm³/mol. The van der Waals surface area contributed by atoms with Gasteiger partial charge in [-0.15, -0.1) is 0 Å². The summed E-state index contributed by atoms with van der Waals surface area (Å²) in [6.07, 6.45) is 1.07. The Morgan fingerprint density at radius 1 is 1.21 bits per heavy atom. The molecule has 5 rings (SSSR count). The first-order chi connectivity index (χ1) is 16.0. The molecule has 0 radical (unpaired) electrons. The van der Waals surface area contributed by atoms with Crippen LogP contribution >= 0.6 is 0 Å². The van der Waals surface area contributed by atoms with Gasteiger partial charge in [-0.25, -0.2) is 0 Å². The molecule has 1 fully saturated rings. The largest absolute Gasteiger partial charge is 0.733 e. The Balaban J connectivity index is 1.63. The minimum Gasteiger partial charge on any atom is -0.733 e. The number of hydrogen-bond acceptors (Lipinski definition) is 6. The molecule has 33 heavy (non-hydrogen) atoms. The van der Waals surface area contributed by atoms with E-state index in [2.05, 4.69) is 4.98 Å². The van der Waals surface area contributed by atoms with Gasteiger partial charge < -0.3 is 30.0 Å². The SMILES string of the molecule is COCCCN1CC(=O)N2C(c3cccc(N([O-])O)c3)c3[nH]c4ccccc4c3C[C@H]2C1=O. The number of H-pyrrole nitrogens is 1. The van der Waals surface area contributed by atoms with Crippen LogP contribution in [0.1, 0.15) is 29.3 Å². The number of nitrogens with zero attached hydrogens (tertiary/aromatic N) is 3. The van der Waals surface area contributed by atoms with Crippen molar-refractivity contribution >= 4 is 28.4 Å². The van der Waals surface area contributed by atoms with E-state index in [-0.39, 0.29) is 29.3 Å². The van der Waals surface area contributed by atoms with E-state index in [4.69, 9.17) is 4.74 Å². The van der Waals surface area contributed by atoms with Crippen LogP contribution in [0.2, 0.25) is 0 Å². The van der Waals surface area contributed by atoms with E-state index >= 15 is 0 Å². The third-order valence-corrected chi connectivity index (χ3v) is 6.53. The van der Waals surface area contributed by atoms with Crippen LogP contribution in [-0.4, -0.2) is 64.7 Å². The molecule has 1 saturated heterocycles.